The average molecular weight is 428 g/mol. The fourth-order valence-electron chi connectivity index (χ4n) is 4.25. The molecule has 2 aliphatic heterocycles. The first-order chi connectivity index (χ1) is 14.7. The van der Waals surface area contributed by atoms with Crippen LogP contribution >= 0.6 is 11.6 Å². The second-order valence-corrected chi connectivity index (χ2v) is 8.60. The molecule has 0 saturated carbocycles. The van der Waals surface area contributed by atoms with Gasteiger partial charge in [-0.25, -0.2) is 9.97 Å². The number of piperidine rings is 1. The number of ether oxygens (including phenoxy) is 1. The van der Waals surface area contributed by atoms with Crippen LogP contribution in [0.3, 0.4) is 0 Å². The minimum Gasteiger partial charge on any atom is -0.381 e. The first-order valence-electron chi connectivity index (χ1n) is 10.6. The lowest BCUT2D eigenvalue weighted by atomic mass is 9.93. The van der Waals surface area contributed by atoms with Gasteiger partial charge in [-0.15, -0.1) is 0 Å². The third-order valence-electron chi connectivity index (χ3n) is 6.10. The zero-order valence-electron chi connectivity index (χ0n) is 17.1. The van der Waals surface area contributed by atoms with Crippen LogP contribution in [-0.2, 0) is 4.74 Å². The van der Waals surface area contributed by atoms with E-state index in [-0.39, 0.29) is 0 Å². The molecule has 0 amide bonds. The van der Waals surface area contributed by atoms with Gasteiger partial charge in [0, 0.05) is 30.7 Å². The van der Waals surface area contributed by atoms with Crippen LogP contribution in [-0.4, -0.2) is 69.1 Å². The number of anilines is 1. The van der Waals surface area contributed by atoms with Crippen molar-refractivity contribution in [2.45, 2.75) is 37.6 Å². The van der Waals surface area contributed by atoms with Gasteiger partial charge in [0.25, 0.3) is 0 Å². The summed E-state index contributed by atoms with van der Waals surface area (Å²) in [6, 6.07) is 4.51. The van der Waals surface area contributed by atoms with Gasteiger partial charge < -0.3 is 15.0 Å². The molecule has 8 nitrogen and oxygen atoms in total. The molecule has 0 aliphatic carbocycles. The Hall–Kier alpha value is -2.29. The zero-order chi connectivity index (χ0) is 20.5. The summed E-state index contributed by atoms with van der Waals surface area (Å²) >= 11 is 6.46. The van der Waals surface area contributed by atoms with Gasteiger partial charge in [0.15, 0.2) is 0 Å². The van der Waals surface area contributed by atoms with E-state index in [1.807, 2.05) is 0 Å². The number of hydrogen-bond donors (Lipinski definition) is 1. The molecule has 2 fully saturated rings. The third-order valence-corrected chi connectivity index (χ3v) is 6.38. The Labute approximate surface area is 180 Å². The van der Waals surface area contributed by atoms with E-state index < -0.39 is 0 Å². The van der Waals surface area contributed by atoms with Crippen molar-refractivity contribution in [1.82, 2.24) is 29.7 Å². The van der Waals surface area contributed by atoms with E-state index >= 15 is 0 Å². The van der Waals surface area contributed by atoms with Crippen LogP contribution in [0.25, 0.3) is 16.8 Å². The van der Waals surface area contributed by atoms with Crippen LogP contribution in [0.5, 0.6) is 0 Å². The van der Waals surface area contributed by atoms with Crippen molar-refractivity contribution in [3.05, 3.63) is 35.2 Å². The number of hydrogen-bond acceptors (Lipinski definition) is 7. The monoisotopic (exact) mass is 427 g/mol. The smallest absolute Gasteiger partial charge is 0.223 e. The minimum atomic E-state index is 0.315. The molecule has 158 valence electrons. The number of likely N-dealkylation sites (tertiary alicyclic amines) is 1. The van der Waals surface area contributed by atoms with E-state index in [2.05, 4.69) is 39.5 Å². The lowest BCUT2D eigenvalue weighted by Crippen LogP contribution is -2.29. The summed E-state index contributed by atoms with van der Waals surface area (Å²) in [6.45, 7) is 3.73. The largest absolute Gasteiger partial charge is 0.381 e. The highest BCUT2D eigenvalue weighted by atomic mass is 35.5. The van der Waals surface area contributed by atoms with Crippen molar-refractivity contribution in [2.75, 3.05) is 38.7 Å². The van der Waals surface area contributed by atoms with Crippen molar-refractivity contribution >= 4 is 23.1 Å². The summed E-state index contributed by atoms with van der Waals surface area (Å²) in [5.41, 5.74) is 3.52. The van der Waals surface area contributed by atoms with Crippen molar-refractivity contribution in [1.29, 1.82) is 0 Å². The van der Waals surface area contributed by atoms with Gasteiger partial charge in [-0.1, -0.05) is 11.6 Å². The molecule has 1 N–H and O–H groups in total. The molecule has 0 bridgehead atoms. The van der Waals surface area contributed by atoms with Crippen LogP contribution in [0.15, 0.2) is 24.5 Å². The van der Waals surface area contributed by atoms with E-state index in [1.54, 1.807) is 17.0 Å². The molecule has 9 heteroatoms. The van der Waals surface area contributed by atoms with Gasteiger partial charge in [-0.3, -0.25) is 0 Å². The molecule has 2 aliphatic rings. The summed E-state index contributed by atoms with van der Waals surface area (Å²) in [5, 5.41) is 13.2. The predicted molar refractivity (Wildman–Crippen MR) is 116 cm³/mol. The van der Waals surface area contributed by atoms with E-state index in [4.69, 9.17) is 26.4 Å². The van der Waals surface area contributed by atoms with Crippen LogP contribution in [0.1, 0.15) is 37.3 Å². The minimum absolute atomic E-state index is 0.315. The predicted octanol–water partition coefficient (Wildman–Crippen LogP) is 3.24. The van der Waals surface area contributed by atoms with Crippen LogP contribution < -0.4 is 5.32 Å². The summed E-state index contributed by atoms with van der Waals surface area (Å²) in [4.78, 5) is 11.4. The van der Waals surface area contributed by atoms with E-state index in [9.17, 15) is 0 Å². The van der Waals surface area contributed by atoms with Gasteiger partial charge in [-0.2, -0.15) is 14.8 Å². The standard InChI is InChI=1S/C21H26ClN7O/c1-28-8-4-14(5-9-28)18-2-3-19-16(12-24-29(19)27-18)20-17(22)13-23-21(26-20)25-15-6-10-30-11-7-15/h2-3,12-15H,4-11H2,1H3,(H,23,25,26). The van der Waals surface area contributed by atoms with Gasteiger partial charge in [0.1, 0.15) is 0 Å². The second kappa shape index (κ2) is 8.45. The van der Waals surface area contributed by atoms with Gasteiger partial charge in [0.05, 0.1) is 34.3 Å². The summed E-state index contributed by atoms with van der Waals surface area (Å²) in [6.07, 6.45) is 7.58. The van der Waals surface area contributed by atoms with E-state index in [0.29, 0.717) is 28.6 Å². The Kier molecular flexibility index (Phi) is 5.54. The fraction of sp³-hybridized carbons (Fsp3) is 0.524. The zero-order valence-corrected chi connectivity index (χ0v) is 17.8. The maximum absolute atomic E-state index is 6.46. The Morgan fingerprint density at radius 1 is 1.10 bits per heavy atom. The number of nitrogens with zero attached hydrogens (tertiary/aromatic N) is 6. The Morgan fingerprint density at radius 3 is 2.70 bits per heavy atom. The highest BCUT2D eigenvalue weighted by molar-refractivity contribution is 6.33. The molecule has 3 aromatic heterocycles. The summed E-state index contributed by atoms with van der Waals surface area (Å²) in [7, 11) is 2.17. The maximum Gasteiger partial charge on any atom is 0.223 e. The molecule has 0 unspecified atom stereocenters. The van der Waals surface area contributed by atoms with Crippen molar-refractivity contribution in [3.8, 4) is 11.3 Å². The maximum atomic E-state index is 6.46. The van der Waals surface area contributed by atoms with Crippen molar-refractivity contribution < 1.29 is 4.74 Å². The molecule has 5 rings (SSSR count). The van der Waals surface area contributed by atoms with Crippen LogP contribution in [0.4, 0.5) is 5.95 Å². The van der Waals surface area contributed by atoms with Crippen molar-refractivity contribution in [3.63, 3.8) is 0 Å². The molecule has 5 heterocycles. The SMILES string of the molecule is CN1CCC(c2ccc3c(-c4nc(NC5CCOCC5)ncc4Cl)cnn3n2)CC1. The average Bonchev–Trinajstić information content (AvgIpc) is 3.19. The fourth-order valence-corrected chi connectivity index (χ4v) is 4.44. The molecule has 0 radical (unpaired) electrons. The molecule has 2 saturated heterocycles. The number of aromatic nitrogens is 5. The second-order valence-electron chi connectivity index (χ2n) is 8.19. The first kappa shape index (κ1) is 19.7. The number of nitrogens with one attached hydrogen (secondary N) is 1. The summed E-state index contributed by atoms with van der Waals surface area (Å²) < 4.78 is 7.13. The van der Waals surface area contributed by atoms with E-state index in [1.165, 1.54) is 0 Å². The third kappa shape index (κ3) is 3.99. The molecular formula is C21H26ClN7O. The number of halogens is 1. The quantitative estimate of drug-likeness (QED) is 0.684. The van der Waals surface area contributed by atoms with E-state index in [0.717, 1.165) is 68.8 Å². The summed E-state index contributed by atoms with van der Waals surface area (Å²) in [5.74, 6) is 1.06. The highest BCUT2D eigenvalue weighted by Crippen LogP contribution is 2.31. The Balaban J connectivity index is 1.42. The lowest BCUT2D eigenvalue weighted by molar-refractivity contribution is 0.0903. The van der Waals surface area contributed by atoms with Gasteiger partial charge in [0.2, 0.25) is 5.95 Å². The van der Waals surface area contributed by atoms with Gasteiger partial charge >= 0.3 is 0 Å². The number of fused-ring (bicyclic) bond motifs is 1. The van der Waals surface area contributed by atoms with Crippen molar-refractivity contribution in [2.24, 2.45) is 0 Å². The first-order valence-corrected chi connectivity index (χ1v) is 11.0. The van der Waals surface area contributed by atoms with Crippen LogP contribution in [0.2, 0.25) is 5.02 Å². The number of rotatable bonds is 4. The molecule has 30 heavy (non-hydrogen) atoms. The molecular weight excluding hydrogens is 402 g/mol. The molecule has 0 spiro atoms. The molecule has 0 atom stereocenters. The highest BCUT2D eigenvalue weighted by Gasteiger charge is 2.22. The normalized spacial score (nSPS) is 19.4. The molecule has 0 aromatic carbocycles. The Morgan fingerprint density at radius 2 is 1.90 bits per heavy atom. The Bertz CT molecular complexity index is 1030. The van der Waals surface area contributed by atoms with Crippen LogP contribution in [0, 0.1) is 0 Å². The van der Waals surface area contributed by atoms with Gasteiger partial charge in [-0.05, 0) is 58.0 Å². The lowest BCUT2D eigenvalue weighted by Gasteiger charge is -2.28. The topological polar surface area (TPSA) is 80.5 Å². The molecule has 3 aromatic rings.